The van der Waals surface area contributed by atoms with Crippen molar-refractivity contribution in [3.8, 4) is 0 Å². The van der Waals surface area contributed by atoms with Crippen LogP contribution in [0, 0.1) is 15.7 Å². The van der Waals surface area contributed by atoms with E-state index in [0.29, 0.717) is 38.0 Å². The molecular weight excluding hydrogens is 1310 g/mol. The summed E-state index contributed by atoms with van der Waals surface area (Å²) in [6, 6.07) is -3.00. The first kappa shape index (κ1) is 82.5. The number of carboxylic acid groups (broad SMARTS) is 1. The van der Waals surface area contributed by atoms with Crippen LogP contribution in [0.4, 0.5) is 0 Å². The number of fused-ring (bicyclic) bond motifs is 5. The fraction of sp³-hybridized carbons (Fsp3) is 0.683. The summed E-state index contributed by atoms with van der Waals surface area (Å²) in [5.74, 6) is -11.9. The first-order chi connectivity index (χ1) is 45.4. The van der Waals surface area contributed by atoms with Crippen molar-refractivity contribution in [3.05, 3.63) is 45.7 Å². The number of rotatable bonds is 33. The van der Waals surface area contributed by atoms with Crippen LogP contribution >= 0.6 is 33.3 Å². The minimum Gasteiger partial charge on any atom is -0.481 e. The van der Waals surface area contributed by atoms with Gasteiger partial charge < -0.3 is 86.1 Å². The van der Waals surface area contributed by atoms with Gasteiger partial charge in [0.1, 0.15) is 54.4 Å². The van der Waals surface area contributed by atoms with E-state index in [1.165, 1.54) is 0 Å². The van der Waals surface area contributed by atoms with E-state index in [2.05, 4.69) is 79.1 Å². The lowest BCUT2D eigenvalue weighted by Crippen LogP contribution is -2.59. The third-order valence-corrected chi connectivity index (χ3v) is 19.6. The maximum Gasteiger partial charge on any atom is 0.305 e. The monoisotopic (exact) mass is 1410 g/mol. The largest absolute Gasteiger partial charge is 0.481 e. The lowest BCUT2D eigenvalue weighted by molar-refractivity contribution is -0.141. The van der Waals surface area contributed by atoms with Crippen molar-refractivity contribution in [1.29, 1.82) is 0 Å². The molecule has 2 unspecified atom stereocenters. The Kier molecular flexibility index (Phi) is 37.4. The van der Waals surface area contributed by atoms with Gasteiger partial charge in [-0.15, -0.1) is 11.8 Å². The summed E-state index contributed by atoms with van der Waals surface area (Å²) in [4.78, 5) is 189. The molecule has 2 aliphatic heterocycles. The van der Waals surface area contributed by atoms with Gasteiger partial charge in [0.2, 0.25) is 65.0 Å². The Morgan fingerprint density at radius 3 is 1.66 bits per heavy atom. The van der Waals surface area contributed by atoms with E-state index in [9.17, 15) is 72.5 Å². The van der Waals surface area contributed by atoms with Gasteiger partial charge in [0.25, 0.3) is 0 Å². The standard InChI is InChI=1S/C60H98N18O15S3/c1-35(77-92)59(3,4)68-26-21-37(22-27-69-60(5,6)36(2)78-93)20-25-65-47(80)19-12-18-46(79)64-23-11-10-16-40-53(87)75-44-32-95-96-33-45(57(91)73-41(28-38-14-8-7-9-15-38)54(88)74-43(51(61)85)31-94-34-49(82)70-40)76-55(89)42(29-50(83)84)71-48(81)30-67-52(86)39(72-56(44)90)17-13-24-66-58(62)63/h7-9,14-15,35-37,39-45,68-69H,10-13,16-34H2,1-6H3,(H2,61,85)(H,64,79)(H,65,80)(H,67,86)(H,70,82)(H,71,81)(H,72,90)(H,73,91)(H,74,88)(H,75,87)(H,76,89)(H,83,84)(H4,62,63,66)/t35?,36?,37?,39-,40-,41-,42-,43-,44-,45-/m0/s1. The molecular formula is C60H98N18O15S3. The van der Waals surface area contributed by atoms with Crippen LogP contribution in [0.15, 0.2) is 45.7 Å². The van der Waals surface area contributed by atoms with Crippen molar-refractivity contribution >= 4 is 110 Å². The predicted molar refractivity (Wildman–Crippen MR) is 366 cm³/mol. The molecule has 2 bridgehead atoms. The number of hydrogen-bond donors (Lipinski definition) is 16. The number of carboxylic acids is 1. The number of guanidine groups is 1. The Hall–Kier alpha value is -7.70. The molecule has 33 nitrogen and oxygen atoms in total. The minimum atomic E-state index is -1.81. The highest BCUT2D eigenvalue weighted by molar-refractivity contribution is 8.76. The molecule has 0 aliphatic carbocycles. The van der Waals surface area contributed by atoms with Crippen LogP contribution in [0.5, 0.6) is 0 Å². The number of nitroso groups, excluding NO2 is 2. The van der Waals surface area contributed by atoms with Crippen molar-refractivity contribution in [2.24, 2.45) is 38.5 Å². The number of amides is 11. The number of aliphatic imine (C=N–C) groups is 1. The zero-order valence-electron chi connectivity index (χ0n) is 55.4. The van der Waals surface area contributed by atoms with Gasteiger partial charge in [0.15, 0.2) is 5.96 Å². The van der Waals surface area contributed by atoms with Gasteiger partial charge in [-0.1, -0.05) is 62.3 Å². The number of carbonyl (C=O) groups excluding carboxylic acids is 11. The predicted octanol–water partition coefficient (Wildman–Crippen LogP) is -1.70. The molecule has 9 atom stereocenters. The normalized spacial score (nSPS) is 21.9. The smallest absolute Gasteiger partial charge is 0.305 e. The molecule has 11 amide bonds. The number of hydrogen-bond acceptors (Lipinski definition) is 22. The number of benzene rings is 1. The highest BCUT2D eigenvalue weighted by Gasteiger charge is 2.36. The van der Waals surface area contributed by atoms with E-state index in [4.69, 9.17) is 17.2 Å². The second-order valence-corrected chi connectivity index (χ2v) is 28.2. The molecule has 3 rings (SSSR count). The Labute approximate surface area is 571 Å². The zero-order valence-corrected chi connectivity index (χ0v) is 57.8. The van der Waals surface area contributed by atoms with E-state index in [1.807, 2.05) is 27.7 Å². The highest BCUT2D eigenvalue weighted by Crippen LogP contribution is 2.25. The van der Waals surface area contributed by atoms with Gasteiger partial charge in [-0.2, -0.15) is 9.81 Å². The number of primary amides is 1. The van der Waals surface area contributed by atoms with Crippen molar-refractivity contribution in [2.45, 2.75) is 190 Å². The van der Waals surface area contributed by atoms with Crippen LogP contribution in [0.3, 0.4) is 0 Å². The van der Waals surface area contributed by atoms with Crippen molar-refractivity contribution < 1.29 is 62.6 Å². The Balaban J connectivity index is 1.85. The Morgan fingerprint density at radius 1 is 0.594 bits per heavy atom. The second-order valence-electron chi connectivity index (χ2n) is 24.6. The summed E-state index contributed by atoms with van der Waals surface area (Å²) < 4.78 is 0. The fourth-order valence-corrected chi connectivity index (χ4v) is 12.8. The molecule has 0 aromatic heterocycles. The number of unbranched alkanes of at least 4 members (excludes halogenated alkanes) is 1. The number of nitrogens with zero attached hydrogens (tertiary/aromatic N) is 3. The molecule has 2 heterocycles. The van der Waals surface area contributed by atoms with Gasteiger partial charge in [-0.25, -0.2) is 0 Å². The Bertz CT molecular complexity index is 2790. The number of nitrogens with one attached hydrogen (secondary N) is 12. The Morgan fingerprint density at radius 2 is 1.10 bits per heavy atom. The van der Waals surface area contributed by atoms with Crippen LogP contribution in [0.1, 0.15) is 124 Å². The number of carbonyl (C=O) groups is 12. The first-order valence-electron chi connectivity index (χ1n) is 31.9. The van der Waals surface area contributed by atoms with Gasteiger partial charge in [0.05, 0.1) is 18.7 Å². The average Bonchev–Trinajstić information content (AvgIpc) is 1.20. The van der Waals surface area contributed by atoms with Gasteiger partial charge in [0, 0.05) is 67.2 Å². The molecule has 0 radical (unpaired) electrons. The third kappa shape index (κ3) is 32.4. The third-order valence-electron chi connectivity index (χ3n) is 16.2. The van der Waals surface area contributed by atoms with Crippen LogP contribution in [-0.4, -0.2) is 210 Å². The van der Waals surface area contributed by atoms with Gasteiger partial charge in [-0.3, -0.25) is 62.5 Å². The molecule has 2 fully saturated rings. The van der Waals surface area contributed by atoms with Crippen LogP contribution in [-0.2, 0) is 64.0 Å². The summed E-state index contributed by atoms with van der Waals surface area (Å²) in [5, 5.41) is 48.9. The number of thioether (sulfide) groups is 1. The van der Waals surface area contributed by atoms with E-state index in [1.54, 1.807) is 44.2 Å². The lowest BCUT2D eigenvalue weighted by Gasteiger charge is -2.31. The molecule has 1 aromatic rings. The van der Waals surface area contributed by atoms with Crippen LogP contribution in [0.2, 0.25) is 0 Å². The summed E-state index contributed by atoms with van der Waals surface area (Å²) in [6.45, 7) is 12.0. The molecule has 1 aromatic carbocycles. The summed E-state index contributed by atoms with van der Waals surface area (Å²) in [5.41, 5.74) is 16.2. The molecule has 36 heteroatoms. The second kappa shape index (κ2) is 43.5. The lowest BCUT2D eigenvalue weighted by atomic mass is 9.92. The van der Waals surface area contributed by atoms with E-state index >= 15 is 0 Å². The fourth-order valence-electron chi connectivity index (χ4n) is 9.57. The van der Waals surface area contributed by atoms with E-state index in [-0.39, 0.29) is 111 Å². The maximum absolute atomic E-state index is 14.5. The molecule has 0 spiro atoms. The van der Waals surface area contributed by atoms with E-state index in [0.717, 1.165) is 46.2 Å². The molecule has 96 heavy (non-hydrogen) atoms. The summed E-state index contributed by atoms with van der Waals surface area (Å²) in [7, 11) is 1.83. The van der Waals surface area contributed by atoms with Crippen molar-refractivity contribution in [1.82, 2.24) is 63.8 Å². The molecule has 2 aliphatic rings. The maximum atomic E-state index is 14.5. The summed E-state index contributed by atoms with van der Waals surface area (Å²) >= 11 is 0.870. The van der Waals surface area contributed by atoms with Crippen molar-refractivity contribution in [2.75, 3.05) is 62.3 Å². The van der Waals surface area contributed by atoms with Crippen LogP contribution < -0.4 is 81.0 Å². The number of aliphatic carboxylic acids is 1. The topological polar surface area (TPSA) is 519 Å². The minimum absolute atomic E-state index is 0.00688. The molecule has 19 N–H and O–H groups in total. The van der Waals surface area contributed by atoms with E-state index < -0.39 is 138 Å². The molecule has 0 saturated carbocycles. The zero-order chi connectivity index (χ0) is 71.4. The van der Waals surface area contributed by atoms with Gasteiger partial charge in [-0.05, 0) is 124 Å². The van der Waals surface area contributed by atoms with Crippen molar-refractivity contribution in [3.63, 3.8) is 0 Å². The summed E-state index contributed by atoms with van der Waals surface area (Å²) in [6.07, 6.45) is 1.80. The highest BCUT2D eigenvalue weighted by atomic mass is 33.1. The quantitative estimate of drug-likeness (QED) is 0.0123. The van der Waals surface area contributed by atoms with Crippen LogP contribution in [0.25, 0.3) is 0 Å². The number of nitrogens with two attached hydrogens (primary N) is 3. The molecule has 2 saturated heterocycles. The SMILES string of the molecule is CC(N=O)C(C)(C)NCCC(CCNC(=O)CCCC(=O)NCCCC[C@@H]1NC(=O)CSC[C@@H](C(N)=O)NC(=O)[C@H](Cc2ccccc2)NC(=O)[C@@H]2CSSC[C@H](NC1=O)C(=O)N[C@@H](CCCN=C(N)N)C(=O)NCC(=O)N[C@@H](CC(=O)O)C(=O)N2)CCNC(C)(C)C(C)N=O. The molecule has 536 valence electrons. The first-order valence-corrected chi connectivity index (χ1v) is 35.6. The van der Waals surface area contributed by atoms with Gasteiger partial charge >= 0.3 is 5.97 Å². The average molecular weight is 1410 g/mol.